The molecule has 3 rings (SSSR count). The molecular weight excluding hydrogens is 510 g/mol. The van der Waals surface area contributed by atoms with Crippen LogP contribution in [0.3, 0.4) is 0 Å². The van der Waals surface area contributed by atoms with Crippen LogP contribution < -0.4 is 0 Å². The van der Waals surface area contributed by atoms with E-state index in [-0.39, 0.29) is 17.7 Å². The lowest BCUT2D eigenvalue weighted by Gasteiger charge is -2.51. The highest BCUT2D eigenvalue weighted by atomic mass is 19.4. The van der Waals surface area contributed by atoms with Crippen molar-refractivity contribution in [3.05, 3.63) is 70.8 Å². The Bertz CT molecular complexity index is 1090. The first kappa shape index (κ1) is 28.9. The molecule has 0 unspecified atom stereocenters. The molecule has 0 saturated carbocycles. The Kier molecular flexibility index (Phi) is 7.71. The van der Waals surface area contributed by atoms with Gasteiger partial charge in [0.1, 0.15) is 0 Å². The molecule has 1 N–H and O–H groups in total. The van der Waals surface area contributed by atoms with Gasteiger partial charge in [-0.25, -0.2) is 8.78 Å². The van der Waals surface area contributed by atoms with Gasteiger partial charge in [-0.2, -0.15) is 26.3 Å². The second-order valence-corrected chi connectivity index (χ2v) is 10.6. The van der Waals surface area contributed by atoms with Gasteiger partial charge in [-0.15, -0.1) is 0 Å². The van der Waals surface area contributed by atoms with Crippen molar-refractivity contribution in [1.29, 1.82) is 0 Å². The zero-order valence-electron chi connectivity index (χ0n) is 20.3. The molecule has 1 aliphatic rings. The van der Waals surface area contributed by atoms with Gasteiger partial charge in [-0.1, -0.05) is 45.0 Å². The summed E-state index contributed by atoms with van der Waals surface area (Å²) in [6, 6.07) is 5.00. The molecule has 11 heteroatoms. The molecule has 3 nitrogen and oxygen atoms in total. The molecule has 0 bridgehead atoms. The van der Waals surface area contributed by atoms with Crippen LogP contribution >= 0.6 is 0 Å². The molecule has 2 aromatic carbocycles. The lowest BCUT2D eigenvalue weighted by Crippen LogP contribution is -2.53. The average Bonchev–Trinajstić information content (AvgIpc) is 2.74. The van der Waals surface area contributed by atoms with Crippen molar-refractivity contribution >= 4 is 5.97 Å². The van der Waals surface area contributed by atoms with Gasteiger partial charge in [0.2, 0.25) is 0 Å². The second kappa shape index (κ2) is 9.89. The van der Waals surface area contributed by atoms with Gasteiger partial charge >= 0.3 is 18.3 Å². The van der Waals surface area contributed by atoms with Crippen molar-refractivity contribution in [2.75, 3.05) is 6.54 Å². The summed E-state index contributed by atoms with van der Waals surface area (Å²) in [4.78, 5) is 13.2. The Labute approximate surface area is 209 Å². The number of aliphatic carboxylic acids is 1. The third-order valence-electron chi connectivity index (χ3n) is 6.40. The van der Waals surface area contributed by atoms with Crippen molar-refractivity contribution in [2.24, 2.45) is 11.3 Å². The zero-order chi connectivity index (χ0) is 28.0. The van der Waals surface area contributed by atoms with Crippen molar-refractivity contribution < 1.29 is 45.0 Å². The summed E-state index contributed by atoms with van der Waals surface area (Å²) < 4.78 is 110. The lowest BCUT2D eigenvalue weighted by atomic mass is 9.74. The standard InChI is InChI=1S/C26H27F8NO2/c1-23(2,3)14-35-20(15-4-8-17(9-5-15)25(29,30)31)13-24(27,28)19(12-21(36)37)22(35)16-6-10-18(11-7-16)26(32,33)34/h4-11,19-20,22H,12-14H2,1-3H3,(H,36,37)/t19-,20+,22-/m1/s1. The molecule has 3 atom stereocenters. The highest BCUT2D eigenvalue weighted by molar-refractivity contribution is 5.67. The summed E-state index contributed by atoms with van der Waals surface area (Å²) in [5.74, 6) is -6.85. The van der Waals surface area contributed by atoms with Gasteiger partial charge in [0.25, 0.3) is 5.92 Å². The normalized spacial score (nSPS) is 23.2. The van der Waals surface area contributed by atoms with Crippen molar-refractivity contribution in [2.45, 2.75) is 64.0 Å². The average molecular weight is 537 g/mol. The number of carboxylic acids is 1. The number of rotatable bonds is 5. The molecule has 2 aromatic rings. The Morgan fingerprint density at radius 1 is 0.865 bits per heavy atom. The fraction of sp³-hybridized carbons (Fsp3) is 0.500. The summed E-state index contributed by atoms with van der Waals surface area (Å²) in [5.41, 5.74) is -2.24. The Morgan fingerprint density at radius 2 is 1.30 bits per heavy atom. The maximum absolute atomic E-state index is 15.6. The number of alkyl halides is 8. The van der Waals surface area contributed by atoms with Crippen LogP contribution in [-0.2, 0) is 17.1 Å². The minimum absolute atomic E-state index is 0.0692. The van der Waals surface area contributed by atoms with Crippen LogP contribution in [-0.4, -0.2) is 28.4 Å². The van der Waals surface area contributed by atoms with Crippen molar-refractivity contribution in [3.8, 4) is 0 Å². The molecule has 1 fully saturated rings. The highest BCUT2D eigenvalue weighted by Gasteiger charge is 2.55. The Hall–Kier alpha value is -2.69. The van der Waals surface area contributed by atoms with E-state index < -0.39 is 71.6 Å². The minimum Gasteiger partial charge on any atom is -0.481 e. The van der Waals surface area contributed by atoms with E-state index in [1.165, 1.54) is 0 Å². The number of piperidine rings is 1. The molecular formula is C26H27F8NO2. The predicted octanol–water partition coefficient (Wildman–Crippen LogP) is 7.98. The van der Waals surface area contributed by atoms with Crippen LogP contribution in [0.15, 0.2) is 48.5 Å². The van der Waals surface area contributed by atoms with E-state index in [0.29, 0.717) is 0 Å². The molecule has 37 heavy (non-hydrogen) atoms. The van der Waals surface area contributed by atoms with Crippen LogP contribution in [0.25, 0.3) is 0 Å². The van der Waals surface area contributed by atoms with E-state index in [1.807, 2.05) is 0 Å². The maximum atomic E-state index is 15.6. The SMILES string of the molecule is CC(C)(C)CN1[C@H](c2ccc(C(F)(F)F)cc2)[C@@H](CC(=O)O)C(F)(F)C[C@H]1c1ccc(C(F)(F)F)cc1. The second-order valence-electron chi connectivity index (χ2n) is 10.6. The first-order valence-corrected chi connectivity index (χ1v) is 11.5. The molecule has 0 aromatic heterocycles. The highest BCUT2D eigenvalue weighted by Crippen LogP contribution is 2.54. The monoisotopic (exact) mass is 537 g/mol. The number of carboxylic acid groups (broad SMARTS) is 1. The fourth-order valence-corrected chi connectivity index (χ4v) is 4.88. The third-order valence-corrected chi connectivity index (χ3v) is 6.40. The van der Waals surface area contributed by atoms with E-state index in [2.05, 4.69) is 0 Å². The molecule has 1 heterocycles. The van der Waals surface area contributed by atoms with Gasteiger partial charge < -0.3 is 5.11 Å². The van der Waals surface area contributed by atoms with Gasteiger partial charge in [-0.3, -0.25) is 9.69 Å². The molecule has 204 valence electrons. The van der Waals surface area contributed by atoms with E-state index in [0.717, 1.165) is 48.5 Å². The molecule has 0 amide bonds. The summed E-state index contributed by atoms with van der Waals surface area (Å²) >= 11 is 0. The Morgan fingerprint density at radius 3 is 1.68 bits per heavy atom. The first-order chi connectivity index (χ1) is 16.8. The quantitative estimate of drug-likeness (QED) is 0.393. The molecule has 0 aliphatic carbocycles. The van der Waals surface area contributed by atoms with Gasteiger partial charge in [0, 0.05) is 25.0 Å². The topological polar surface area (TPSA) is 40.5 Å². The number of carbonyl (C=O) groups is 1. The molecule has 0 radical (unpaired) electrons. The number of halogens is 8. The molecule has 1 aliphatic heterocycles. The van der Waals surface area contributed by atoms with Crippen LogP contribution in [0.5, 0.6) is 0 Å². The van der Waals surface area contributed by atoms with Gasteiger partial charge in [0.05, 0.1) is 23.5 Å². The first-order valence-electron chi connectivity index (χ1n) is 11.5. The zero-order valence-corrected chi connectivity index (χ0v) is 20.3. The number of likely N-dealkylation sites (tertiary alicyclic amines) is 1. The maximum Gasteiger partial charge on any atom is 0.416 e. The van der Waals surface area contributed by atoms with E-state index >= 15 is 8.78 Å². The summed E-state index contributed by atoms with van der Waals surface area (Å²) in [6.45, 7) is 5.54. The van der Waals surface area contributed by atoms with E-state index in [1.54, 1.807) is 25.7 Å². The van der Waals surface area contributed by atoms with Gasteiger partial charge in [-0.05, 0) is 40.8 Å². The number of nitrogens with zero attached hydrogens (tertiary/aromatic N) is 1. The van der Waals surface area contributed by atoms with Crippen LogP contribution in [0.2, 0.25) is 0 Å². The minimum atomic E-state index is -4.66. The smallest absolute Gasteiger partial charge is 0.416 e. The molecule has 0 spiro atoms. The van der Waals surface area contributed by atoms with Crippen LogP contribution in [0.1, 0.15) is 68.0 Å². The number of hydrogen-bond acceptors (Lipinski definition) is 2. The lowest BCUT2D eigenvalue weighted by molar-refractivity contribution is -0.173. The van der Waals surface area contributed by atoms with Gasteiger partial charge in [0.15, 0.2) is 0 Å². The predicted molar refractivity (Wildman–Crippen MR) is 120 cm³/mol. The fourth-order valence-electron chi connectivity index (χ4n) is 4.88. The third kappa shape index (κ3) is 6.80. The van der Waals surface area contributed by atoms with E-state index in [4.69, 9.17) is 0 Å². The van der Waals surface area contributed by atoms with E-state index in [9.17, 15) is 36.2 Å². The summed E-state index contributed by atoms with van der Waals surface area (Å²) in [6.07, 6.45) is -11.1. The largest absolute Gasteiger partial charge is 0.481 e. The van der Waals surface area contributed by atoms with Crippen molar-refractivity contribution in [3.63, 3.8) is 0 Å². The van der Waals surface area contributed by atoms with Crippen LogP contribution in [0.4, 0.5) is 35.1 Å². The summed E-state index contributed by atoms with van der Waals surface area (Å²) in [7, 11) is 0. The van der Waals surface area contributed by atoms with Crippen LogP contribution in [0, 0.1) is 11.3 Å². The number of benzene rings is 2. The Balaban J connectivity index is 2.18. The number of hydrogen-bond donors (Lipinski definition) is 1. The summed E-state index contributed by atoms with van der Waals surface area (Å²) in [5, 5.41) is 9.41. The van der Waals surface area contributed by atoms with Crippen molar-refractivity contribution in [1.82, 2.24) is 4.90 Å². The molecule has 1 saturated heterocycles.